The highest BCUT2D eigenvalue weighted by Crippen LogP contribution is 2.19. The number of carbonyl (C=O) groups is 2. The first-order valence-electron chi connectivity index (χ1n) is 8.19. The summed E-state index contributed by atoms with van der Waals surface area (Å²) in [4.78, 5) is 34.5. The minimum Gasteiger partial charge on any atom is -0.449 e. The zero-order chi connectivity index (χ0) is 19.4. The molecule has 3 aromatic rings. The van der Waals surface area contributed by atoms with E-state index in [4.69, 9.17) is 4.74 Å². The number of carbonyl (C=O) groups excluding carboxylic acids is 2. The van der Waals surface area contributed by atoms with Gasteiger partial charge < -0.3 is 10.1 Å². The maximum atomic E-state index is 12.3. The van der Waals surface area contributed by atoms with Gasteiger partial charge in [-0.1, -0.05) is 30.3 Å². The van der Waals surface area contributed by atoms with Gasteiger partial charge in [-0.05, 0) is 42.0 Å². The Bertz CT molecular complexity index is 1010. The Morgan fingerprint density at radius 3 is 2.33 bits per heavy atom. The summed E-state index contributed by atoms with van der Waals surface area (Å²) in [5, 5.41) is 15.4. The molecule has 0 fully saturated rings. The second-order valence-corrected chi connectivity index (χ2v) is 5.90. The molecule has 0 aliphatic heterocycles. The third-order valence-electron chi connectivity index (χ3n) is 3.98. The summed E-state index contributed by atoms with van der Waals surface area (Å²) in [6, 6.07) is 18.2. The Hall–Kier alpha value is -3.74. The molecule has 0 aliphatic rings. The number of esters is 1. The molecule has 0 unspecified atom stereocenters. The number of fused-ring (bicyclic) bond motifs is 1. The highest BCUT2D eigenvalue weighted by molar-refractivity contribution is 5.99. The van der Waals surface area contributed by atoms with E-state index in [9.17, 15) is 19.7 Å². The third-order valence-corrected chi connectivity index (χ3v) is 3.98. The van der Waals surface area contributed by atoms with Crippen LogP contribution in [-0.4, -0.2) is 22.9 Å². The predicted molar refractivity (Wildman–Crippen MR) is 101 cm³/mol. The van der Waals surface area contributed by atoms with E-state index >= 15 is 0 Å². The van der Waals surface area contributed by atoms with Crippen LogP contribution in [0.15, 0.2) is 66.7 Å². The molecule has 0 bridgehead atoms. The van der Waals surface area contributed by atoms with Crippen LogP contribution >= 0.6 is 0 Å². The maximum absolute atomic E-state index is 12.3. The summed E-state index contributed by atoms with van der Waals surface area (Å²) < 4.78 is 5.14. The Morgan fingerprint density at radius 2 is 1.67 bits per heavy atom. The molecule has 7 heteroatoms. The summed E-state index contributed by atoms with van der Waals surface area (Å²) in [5.41, 5.74) is 0.594. The Morgan fingerprint density at radius 1 is 1.00 bits per heavy atom. The molecule has 0 radical (unpaired) electrons. The normalized spacial score (nSPS) is 11.6. The molecular formula is C20H16N2O5. The van der Waals surface area contributed by atoms with Gasteiger partial charge in [-0.25, -0.2) is 4.79 Å². The first-order chi connectivity index (χ1) is 12.9. The molecule has 0 saturated carbocycles. The topological polar surface area (TPSA) is 98.5 Å². The number of nitrogens with one attached hydrogen (secondary N) is 1. The van der Waals surface area contributed by atoms with E-state index in [0.717, 1.165) is 10.8 Å². The van der Waals surface area contributed by atoms with Crippen molar-refractivity contribution in [1.82, 2.24) is 0 Å². The number of nitro benzene ring substituents is 1. The molecule has 0 aliphatic carbocycles. The number of nitrogens with zero attached hydrogens (tertiary/aromatic N) is 1. The Kier molecular flexibility index (Phi) is 5.12. The fourth-order valence-corrected chi connectivity index (χ4v) is 2.51. The van der Waals surface area contributed by atoms with Crippen molar-refractivity contribution in [3.63, 3.8) is 0 Å². The zero-order valence-electron chi connectivity index (χ0n) is 14.4. The van der Waals surface area contributed by atoms with Gasteiger partial charge in [0.1, 0.15) is 0 Å². The molecule has 0 aromatic heterocycles. The molecule has 0 spiro atoms. The van der Waals surface area contributed by atoms with Gasteiger partial charge in [0.05, 0.1) is 10.5 Å². The predicted octanol–water partition coefficient (Wildman–Crippen LogP) is 3.93. The average molecular weight is 364 g/mol. The maximum Gasteiger partial charge on any atom is 0.338 e. The number of ether oxygens (including phenoxy) is 1. The van der Waals surface area contributed by atoms with E-state index in [0.29, 0.717) is 5.69 Å². The van der Waals surface area contributed by atoms with E-state index < -0.39 is 22.9 Å². The van der Waals surface area contributed by atoms with E-state index in [2.05, 4.69) is 5.32 Å². The minimum atomic E-state index is -1.03. The second-order valence-electron chi connectivity index (χ2n) is 5.90. The quantitative estimate of drug-likeness (QED) is 0.420. The van der Waals surface area contributed by atoms with Gasteiger partial charge in [-0.3, -0.25) is 14.9 Å². The van der Waals surface area contributed by atoms with Crippen LogP contribution in [-0.2, 0) is 9.53 Å². The number of hydrogen-bond donors (Lipinski definition) is 1. The molecule has 7 nitrogen and oxygen atoms in total. The highest BCUT2D eigenvalue weighted by atomic mass is 16.6. The van der Waals surface area contributed by atoms with E-state index in [1.165, 1.54) is 31.2 Å². The van der Waals surface area contributed by atoms with Crippen molar-refractivity contribution in [3.8, 4) is 0 Å². The summed E-state index contributed by atoms with van der Waals surface area (Å²) in [5.74, 6) is -1.20. The molecular weight excluding hydrogens is 348 g/mol. The molecule has 1 atom stereocenters. The van der Waals surface area contributed by atoms with Gasteiger partial charge in [0, 0.05) is 17.8 Å². The van der Waals surface area contributed by atoms with Gasteiger partial charge in [0.15, 0.2) is 6.10 Å². The molecule has 3 aromatic carbocycles. The largest absolute Gasteiger partial charge is 0.449 e. The van der Waals surface area contributed by atoms with Crippen LogP contribution in [0.4, 0.5) is 11.4 Å². The van der Waals surface area contributed by atoms with E-state index in [1.54, 1.807) is 6.07 Å². The van der Waals surface area contributed by atoms with Gasteiger partial charge >= 0.3 is 5.97 Å². The fourth-order valence-electron chi connectivity index (χ4n) is 2.51. The van der Waals surface area contributed by atoms with E-state index in [1.807, 2.05) is 36.4 Å². The van der Waals surface area contributed by atoms with Gasteiger partial charge in [-0.15, -0.1) is 0 Å². The van der Waals surface area contributed by atoms with Crippen LogP contribution in [0, 0.1) is 10.1 Å². The second kappa shape index (κ2) is 7.65. The van der Waals surface area contributed by atoms with Crippen molar-refractivity contribution >= 4 is 34.0 Å². The van der Waals surface area contributed by atoms with E-state index in [-0.39, 0.29) is 11.3 Å². The highest BCUT2D eigenvalue weighted by Gasteiger charge is 2.19. The lowest BCUT2D eigenvalue weighted by Gasteiger charge is -2.14. The van der Waals surface area contributed by atoms with Crippen LogP contribution < -0.4 is 5.32 Å². The lowest BCUT2D eigenvalue weighted by Crippen LogP contribution is -2.30. The van der Waals surface area contributed by atoms with Crippen LogP contribution in [0.1, 0.15) is 17.3 Å². The number of hydrogen-bond acceptors (Lipinski definition) is 5. The van der Waals surface area contributed by atoms with Gasteiger partial charge in [0.25, 0.3) is 11.6 Å². The van der Waals surface area contributed by atoms with Crippen molar-refractivity contribution in [1.29, 1.82) is 0 Å². The SMILES string of the molecule is C[C@H](OC(=O)c1ccc([N+](=O)[O-])cc1)C(=O)Nc1ccc2ccccc2c1. The van der Waals surface area contributed by atoms with Crippen molar-refractivity contribution in [3.05, 3.63) is 82.4 Å². The summed E-state index contributed by atoms with van der Waals surface area (Å²) in [6.45, 7) is 1.46. The molecule has 3 rings (SSSR count). The summed E-state index contributed by atoms with van der Waals surface area (Å²) >= 11 is 0. The number of anilines is 1. The zero-order valence-corrected chi connectivity index (χ0v) is 14.4. The Balaban J connectivity index is 1.63. The van der Waals surface area contributed by atoms with Crippen LogP contribution in [0.2, 0.25) is 0 Å². The van der Waals surface area contributed by atoms with Gasteiger partial charge in [0.2, 0.25) is 0 Å². The number of nitro groups is 1. The number of rotatable bonds is 5. The van der Waals surface area contributed by atoms with Gasteiger partial charge in [-0.2, -0.15) is 0 Å². The molecule has 1 amide bonds. The van der Waals surface area contributed by atoms with Crippen LogP contribution in [0.5, 0.6) is 0 Å². The van der Waals surface area contributed by atoms with Crippen molar-refractivity contribution < 1.29 is 19.2 Å². The van der Waals surface area contributed by atoms with Crippen LogP contribution in [0.3, 0.4) is 0 Å². The summed E-state index contributed by atoms with van der Waals surface area (Å²) in [7, 11) is 0. The minimum absolute atomic E-state index is 0.131. The average Bonchev–Trinajstić information content (AvgIpc) is 2.67. The van der Waals surface area contributed by atoms with Crippen molar-refractivity contribution in [2.75, 3.05) is 5.32 Å². The van der Waals surface area contributed by atoms with Crippen molar-refractivity contribution in [2.24, 2.45) is 0 Å². The molecule has 136 valence electrons. The number of amides is 1. The number of non-ortho nitro benzene ring substituents is 1. The Labute approximate surface area is 154 Å². The molecule has 27 heavy (non-hydrogen) atoms. The monoisotopic (exact) mass is 364 g/mol. The number of benzene rings is 3. The first-order valence-corrected chi connectivity index (χ1v) is 8.19. The fraction of sp³-hybridized carbons (Fsp3) is 0.100. The summed E-state index contributed by atoms with van der Waals surface area (Å²) in [6.07, 6.45) is -1.03. The lowest BCUT2D eigenvalue weighted by atomic mass is 10.1. The molecule has 1 N–H and O–H groups in total. The third kappa shape index (κ3) is 4.27. The first kappa shape index (κ1) is 18.1. The lowest BCUT2D eigenvalue weighted by molar-refractivity contribution is -0.384. The van der Waals surface area contributed by atoms with Crippen LogP contribution in [0.25, 0.3) is 10.8 Å². The van der Waals surface area contributed by atoms with Crippen molar-refractivity contribution in [2.45, 2.75) is 13.0 Å². The standard InChI is InChI=1S/C20H16N2O5/c1-13(27-20(24)15-7-10-18(11-8-15)22(25)26)19(23)21-17-9-6-14-4-2-3-5-16(14)12-17/h2-13H,1H3,(H,21,23)/t13-/m0/s1. The smallest absolute Gasteiger partial charge is 0.338 e. The molecule has 0 heterocycles. The molecule has 0 saturated heterocycles.